The first kappa shape index (κ1) is 21.1. The minimum Gasteiger partial charge on any atom is -0.355 e. The van der Waals surface area contributed by atoms with Crippen LogP contribution in [0, 0.1) is 5.92 Å². The summed E-state index contributed by atoms with van der Waals surface area (Å²) in [6, 6.07) is 0. The minimum atomic E-state index is -3.20. The van der Waals surface area contributed by atoms with Crippen LogP contribution in [0.3, 0.4) is 0 Å². The molecular formula is C14H23N5O4S3. The molecule has 0 aliphatic carbocycles. The molecule has 2 N–H and O–H groups in total. The predicted octanol–water partition coefficient (Wildman–Crippen LogP) is 0.766. The van der Waals surface area contributed by atoms with Crippen molar-refractivity contribution in [3.63, 3.8) is 0 Å². The van der Waals surface area contributed by atoms with Gasteiger partial charge in [0.25, 0.3) is 0 Å². The average molecular weight is 422 g/mol. The number of amides is 2. The van der Waals surface area contributed by atoms with Gasteiger partial charge in [0.05, 0.1) is 12.0 Å². The van der Waals surface area contributed by atoms with Crippen LogP contribution < -0.4 is 10.6 Å². The first-order valence-electron chi connectivity index (χ1n) is 8.28. The fraction of sp³-hybridized carbons (Fsp3) is 0.714. The second-order valence-corrected chi connectivity index (χ2v) is 10.1. The lowest BCUT2D eigenvalue weighted by Gasteiger charge is -2.29. The van der Waals surface area contributed by atoms with Gasteiger partial charge in [0, 0.05) is 25.6 Å². The zero-order valence-corrected chi connectivity index (χ0v) is 17.2. The molecule has 1 fully saturated rings. The molecule has 1 aromatic rings. The van der Waals surface area contributed by atoms with Crippen LogP contribution in [0.1, 0.15) is 26.2 Å². The Labute approximate surface area is 161 Å². The van der Waals surface area contributed by atoms with E-state index in [1.165, 1.54) is 33.7 Å². The maximum Gasteiger partial charge on any atom is 0.230 e. The SMILES string of the molecule is CCCNC(=O)CSc1nnc(NC(=O)C2CCN(S(C)(=O)=O)CC2)s1. The second kappa shape index (κ2) is 9.62. The fourth-order valence-electron chi connectivity index (χ4n) is 2.42. The van der Waals surface area contributed by atoms with Crippen molar-refractivity contribution in [2.45, 2.75) is 30.5 Å². The Morgan fingerprint density at radius 3 is 2.62 bits per heavy atom. The number of carbonyl (C=O) groups excluding carboxylic acids is 2. The van der Waals surface area contributed by atoms with Gasteiger partial charge in [0.15, 0.2) is 4.34 Å². The number of hydrogen-bond donors (Lipinski definition) is 2. The number of piperidine rings is 1. The van der Waals surface area contributed by atoms with Crippen molar-refractivity contribution in [1.29, 1.82) is 0 Å². The highest BCUT2D eigenvalue weighted by molar-refractivity contribution is 8.01. The molecule has 0 aromatic carbocycles. The molecule has 0 bridgehead atoms. The van der Waals surface area contributed by atoms with Gasteiger partial charge < -0.3 is 10.6 Å². The smallest absolute Gasteiger partial charge is 0.230 e. The summed E-state index contributed by atoms with van der Waals surface area (Å²) >= 11 is 2.49. The zero-order chi connectivity index (χ0) is 19.2. The summed E-state index contributed by atoms with van der Waals surface area (Å²) in [5.41, 5.74) is 0. The normalized spacial score (nSPS) is 16.4. The van der Waals surface area contributed by atoms with Gasteiger partial charge in [0.1, 0.15) is 0 Å². The average Bonchev–Trinajstić information content (AvgIpc) is 3.05. The molecule has 0 saturated carbocycles. The molecule has 146 valence electrons. The van der Waals surface area contributed by atoms with Gasteiger partial charge in [-0.05, 0) is 19.3 Å². The predicted molar refractivity (Wildman–Crippen MR) is 102 cm³/mol. The van der Waals surface area contributed by atoms with E-state index in [0.29, 0.717) is 41.9 Å². The van der Waals surface area contributed by atoms with Crippen molar-refractivity contribution in [2.24, 2.45) is 5.92 Å². The molecule has 2 amide bonds. The topological polar surface area (TPSA) is 121 Å². The Balaban J connectivity index is 1.78. The van der Waals surface area contributed by atoms with E-state index < -0.39 is 10.0 Å². The van der Waals surface area contributed by atoms with Crippen LogP contribution in [0.4, 0.5) is 5.13 Å². The molecule has 1 saturated heterocycles. The largest absolute Gasteiger partial charge is 0.355 e. The number of thioether (sulfide) groups is 1. The third-order valence-corrected chi connectivity index (χ3v) is 7.10. The zero-order valence-electron chi connectivity index (χ0n) is 14.7. The summed E-state index contributed by atoms with van der Waals surface area (Å²) in [6.45, 7) is 3.33. The van der Waals surface area contributed by atoms with Crippen LogP contribution in [0.25, 0.3) is 0 Å². The Morgan fingerprint density at radius 2 is 2.00 bits per heavy atom. The number of anilines is 1. The first-order chi connectivity index (χ1) is 12.3. The van der Waals surface area contributed by atoms with E-state index in [1.807, 2.05) is 6.92 Å². The summed E-state index contributed by atoms with van der Waals surface area (Å²) in [4.78, 5) is 23.9. The molecule has 9 nitrogen and oxygen atoms in total. The van der Waals surface area contributed by atoms with Crippen molar-refractivity contribution in [3.05, 3.63) is 0 Å². The first-order valence-corrected chi connectivity index (χ1v) is 11.9. The van der Waals surface area contributed by atoms with Crippen LogP contribution in [0.15, 0.2) is 4.34 Å². The summed E-state index contributed by atoms with van der Waals surface area (Å²) in [6.07, 6.45) is 3.03. The quantitative estimate of drug-likeness (QED) is 0.469. The van der Waals surface area contributed by atoms with Crippen LogP contribution in [0.5, 0.6) is 0 Å². The Bertz CT molecular complexity index is 729. The lowest BCUT2D eigenvalue weighted by molar-refractivity contribution is -0.121. The lowest BCUT2D eigenvalue weighted by atomic mass is 9.97. The van der Waals surface area contributed by atoms with E-state index in [4.69, 9.17) is 0 Å². The molecule has 26 heavy (non-hydrogen) atoms. The van der Waals surface area contributed by atoms with Gasteiger partial charge in [-0.15, -0.1) is 10.2 Å². The molecular weight excluding hydrogens is 398 g/mol. The summed E-state index contributed by atoms with van der Waals surface area (Å²) in [7, 11) is -3.20. The number of carbonyl (C=O) groups is 2. The van der Waals surface area contributed by atoms with Crippen molar-refractivity contribution < 1.29 is 18.0 Å². The molecule has 12 heteroatoms. The van der Waals surface area contributed by atoms with Gasteiger partial charge in [-0.25, -0.2) is 12.7 Å². The molecule has 0 spiro atoms. The van der Waals surface area contributed by atoms with Gasteiger partial charge >= 0.3 is 0 Å². The van der Waals surface area contributed by atoms with Crippen LogP contribution in [0.2, 0.25) is 0 Å². The van der Waals surface area contributed by atoms with Crippen molar-refractivity contribution in [3.8, 4) is 0 Å². The van der Waals surface area contributed by atoms with E-state index in [2.05, 4.69) is 20.8 Å². The molecule has 0 unspecified atom stereocenters. The number of sulfonamides is 1. The van der Waals surface area contributed by atoms with Crippen molar-refractivity contribution >= 4 is 50.1 Å². The Morgan fingerprint density at radius 1 is 1.31 bits per heavy atom. The Kier molecular flexibility index (Phi) is 7.80. The maximum absolute atomic E-state index is 12.3. The van der Waals surface area contributed by atoms with Crippen molar-refractivity contribution in [2.75, 3.05) is 37.0 Å². The standard InChI is InChI=1S/C14H23N5O4S3/c1-3-6-15-11(20)9-24-14-18-17-13(25-14)16-12(21)10-4-7-19(8-5-10)26(2,22)23/h10H,3-9H2,1-2H3,(H,15,20)(H,16,17,21). The van der Waals surface area contributed by atoms with Gasteiger partial charge in [-0.3, -0.25) is 9.59 Å². The van der Waals surface area contributed by atoms with E-state index in [0.717, 1.165) is 6.42 Å². The lowest BCUT2D eigenvalue weighted by Crippen LogP contribution is -2.40. The monoisotopic (exact) mass is 421 g/mol. The second-order valence-electron chi connectivity index (χ2n) is 5.94. The highest BCUT2D eigenvalue weighted by Crippen LogP contribution is 2.27. The number of aromatic nitrogens is 2. The van der Waals surface area contributed by atoms with Gasteiger partial charge in [-0.2, -0.15) is 0 Å². The van der Waals surface area contributed by atoms with E-state index in [-0.39, 0.29) is 23.5 Å². The van der Waals surface area contributed by atoms with E-state index >= 15 is 0 Å². The maximum atomic E-state index is 12.3. The fourth-order valence-corrected chi connectivity index (χ4v) is 4.88. The molecule has 1 aromatic heterocycles. The van der Waals surface area contributed by atoms with Crippen LogP contribution in [-0.2, 0) is 19.6 Å². The molecule has 0 radical (unpaired) electrons. The molecule has 2 heterocycles. The molecule has 2 rings (SSSR count). The molecule has 1 aliphatic heterocycles. The highest BCUT2D eigenvalue weighted by Gasteiger charge is 2.29. The third-order valence-electron chi connectivity index (χ3n) is 3.83. The summed E-state index contributed by atoms with van der Waals surface area (Å²) < 4.78 is 25.0. The van der Waals surface area contributed by atoms with Crippen LogP contribution >= 0.6 is 23.1 Å². The van der Waals surface area contributed by atoms with Crippen LogP contribution in [-0.4, -0.2) is 66.4 Å². The van der Waals surface area contributed by atoms with Gasteiger partial charge in [-0.1, -0.05) is 30.0 Å². The number of hydrogen-bond acceptors (Lipinski definition) is 8. The summed E-state index contributed by atoms with van der Waals surface area (Å²) in [5, 5.41) is 13.8. The minimum absolute atomic E-state index is 0.0599. The van der Waals surface area contributed by atoms with E-state index in [1.54, 1.807) is 0 Å². The summed E-state index contributed by atoms with van der Waals surface area (Å²) in [5.74, 6) is -0.221. The number of nitrogens with one attached hydrogen (secondary N) is 2. The third kappa shape index (κ3) is 6.49. The molecule has 0 atom stereocenters. The number of rotatable bonds is 8. The molecule has 1 aliphatic rings. The van der Waals surface area contributed by atoms with Gasteiger partial charge in [0.2, 0.25) is 27.0 Å². The Hall–Kier alpha value is -1.24. The van der Waals surface area contributed by atoms with E-state index in [9.17, 15) is 18.0 Å². The highest BCUT2D eigenvalue weighted by atomic mass is 32.2. The van der Waals surface area contributed by atoms with Crippen molar-refractivity contribution in [1.82, 2.24) is 19.8 Å². The number of nitrogens with zero attached hydrogens (tertiary/aromatic N) is 3.